The van der Waals surface area contributed by atoms with Crippen molar-refractivity contribution >= 4 is 140 Å². The van der Waals surface area contributed by atoms with Crippen LogP contribution < -0.4 is 0 Å². The Morgan fingerprint density at radius 3 is 0.570 bits per heavy atom. The topological polar surface area (TPSA) is 57.4 Å². The molecule has 114 heavy (non-hydrogen) atoms. The summed E-state index contributed by atoms with van der Waals surface area (Å²) in [4.78, 5) is 20.0. The highest BCUT2D eigenvalue weighted by atomic mass is 127. The number of hydrogen-bond acceptors (Lipinski definition) is 2. The van der Waals surface area contributed by atoms with Crippen LogP contribution in [-0.2, 0) is 43.3 Å². The van der Waals surface area contributed by atoms with E-state index in [4.69, 9.17) is 9.97 Å². The Morgan fingerprint density at radius 1 is 0.211 bits per heavy atom. The van der Waals surface area contributed by atoms with Crippen molar-refractivity contribution in [2.24, 2.45) is 0 Å². The van der Waals surface area contributed by atoms with Crippen molar-refractivity contribution in [3.63, 3.8) is 0 Å². The van der Waals surface area contributed by atoms with Gasteiger partial charge in [-0.3, -0.25) is 0 Å². The zero-order valence-electron chi connectivity index (χ0n) is 71.9. The molecule has 13 rings (SSSR count). The van der Waals surface area contributed by atoms with Gasteiger partial charge in [-0.25, -0.2) is 9.97 Å². The van der Waals surface area contributed by atoms with Crippen LogP contribution in [0.4, 0.5) is 0 Å². The van der Waals surface area contributed by atoms with Gasteiger partial charge in [-0.1, -0.05) is 312 Å². The second kappa shape index (κ2) is 31.4. The molecule has 0 unspecified atom stereocenters. The molecule has 582 valence electrons. The van der Waals surface area contributed by atoms with Crippen LogP contribution in [0.15, 0.2) is 182 Å². The maximum absolute atomic E-state index is 5.89. The Balaban J connectivity index is 1.10. The molecule has 0 spiro atoms. The summed E-state index contributed by atoms with van der Waals surface area (Å²) in [7, 11) is 0. The molecule has 0 saturated carbocycles. The third-order valence-electron chi connectivity index (χ3n) is 22.2. The molecule has 8 aromatic carbocycles. The standard InChI is InChI=1S/C108H116I2N4/c1-101(2,3)79-55-71(56-80(63-79)102(4,5)6)29-25-67-49-68(26-30-72-57-81(103(7,8)9)64-82(58-72)104(10,11)12)52-77(51-67)99-93-45-41-89(111-93)97(75-33-37-87(109)38-34-75)91-43-47-95(113-91)100(96-48-44-92(114-96)98(90-42-46-94(99)112-90)76-35-39-88(110)40-36-76)78-53-69(27-31-73-59-83(105(13,14)15)65-84(60-73)106(16,17)18)50-70(54-78)28-32-74-61-85(107(19,20)21)66-86(62-74)108(22,23)24/h25-66,111,114H,1-24H3/b29-25+,30-26+,31-27+,32-28+,97-89?,97-91?,98-90?,98-92?,99-93?,99-94?,100-95?,100-96?. The lowest BCUT2D eigenvalue weighted by Gasteiger charge is -2.25. The molecule has 11 aromatic rings. The maximum atomic E-state index is 5.89. The predicted molar refractivity (Wildman–Crippen MR) is 517 cm³/mol. The number of aromatic nitrogens is 4. The van der Waals surface area contributed by atoms with Crippen LogP contribution >= 0.6 is 45.2 Å². The van der Waals surface area contributed by atoms with E-state index in [1.807, 2.05) is 0 Å². The fraction of sp³-hybridized carbons (Fsp3) is 0.296. The van der Waals surface area contributed by atoms with Crippen molar-refractivity contribution < 1.29 is 0 Å². The summed E-state index contributed by atoms with van der Waals surface area (Å²) in [6.07, 6.45) is 27.3. The summed E-state index contributed by atoms with van der Waals surface area (Å²) in [5.74, 6) is 0. The number of H-pyrrole nitrogens is 2. The van der Waals surface area contributed by atoms with E-state index in [1.54, 1.807) is 0 Å². The first-order chi connectivity index (χ1) is 53.2. The van der Waals surface area contributed by atoms with Crippen LogP contribution in [0.5, 0.6) is 0 Å². The van der Waals surface area contributed by atoms with Crippen LogP contribution in [-0.4, -0.2) is 19.9 Å². The highest BCUT2D eigenvalue weighted by molar-refractivity contribution is 14.1. The number of nitrogens with zero attached hydrogens (tertiary/aromatic N) is 2. The molecule has 2 aliphatic rings. The average molecular weight is 1720 g/mol. The van der Waals surface area contributed by atoms with Gasteiger partial charge in [-0.2, -0.15) is 0 Å². The third kappa shape index (κ3) is 19.3. The van der Waals surface area contributed by atoms with Gasteiger partial charge in [-0.05, 0) is 309 Å². The number of aromatic amines is 2. The van der Waals surface area contributed by atoms with Gasteiger partial charge >= 0.3 is 0 Å². The number of halogens is 2. The normalized spacial score (nSPS) is 13.5. The van der Waals surface area contributed by atoms with Crippen LogP contribution in [0.1, 0.15) is 278 Å². The molecule has 3 aromatic heterocycles. The molecule has 0 fully saturated rings. The van der Waals surface area contributed by atoms with Crippen molar-refractivity contribution in [3.8, 4) is 44.5 Å². The Kier molecular flexibility index (Phi) is 22.8. The maximum Gasteiger partial charge on any atom is 0.0737 e. The Bertz CT molecular complexity index is 5210. The van der Waals surface area contributed by atoms with Gasteiger partial charge in [0.05, 0.1) is 22.8 Å². The number of hydrogen-bond donors (Lipinski definition) is 2. The SMILES string of the molecule is CC(C)(C)c1cc(/C=C/c2cc(/C=C/c3cc(C(C)(C)C)cc(C(C)(C)C)c3)cc(-c3c4nc(c(-c5ccc(I)cc5)c5ccc([nH]5)c(-c5cc(/C=C/c6cc(C(C)(C)C)cc(C(C)(C)C)c6)cc(/C=C/c6cc(C(C)(C)C)cc(C(C)(C)C)c6)c5)c5nc(c(-c6ccc(I)cc6)c6ccc3[nH]6)C=C5)C=C4)c2)cc(C(C)(C)C)c1. The Labute approximate surface area is 709 Å². The monoisotopic (exact) mass is 1720 g/mol. The molecule has 0 saturated heterocycles. The summed E-state index contributed by atoms with van der Waals surface area (Å²) in [6.45, 7) is 55.5. The summed E-state index contributed by atoms with van der Waals surface area (Å²) in [6, 6.07) is 69.4. The molecule has 0 amide bonds. The number of benzene rings is 8. The van der Waals surface area contributed by atoms with Gasteiger partial charge in [0, 0.05) is 51.5 Å². The average Bonchev–Trinajstić information content (AvgIpc) is 1.71. The molecule has 0 aliphatic carbocycles. The second-order valence-corrected chi connectivity index (χ2v) is 42.5. The molecule has 0 atom stereocenters. The summed E-state index contributed by atoms with van der Waals surface area (Å²) >= 11 is 4.85. The summed E-state index contributed by atoms with van der Waals surface area (Å²) in [5.41, 5.74) is 34.5. The highest BCUT2D eigenvalue weighted by Gasteiger charge is 2.27. The minimum absolute atomic E-state index is 0.0398. The molecule has 4 nitrogen and oxygen atoms in total. The van der Waals surface area contributed by atoms with Crippen LogP contribution in [0.2, 0.25) is 0 Å². The molecule has 2 N–H and O–H groups in total. The van der Waals surface area contributed by atoms with E-state index in [0.717, 1.165) is 119 Å². The largest absolute Gasteiger partial charge is 0.354 e. The van der Waals surface area contributed by atoms with E-state index >= 15 is 0 Å². The van der Waals surface area contributed by atoms with Gasteiger partial charge in [0.15, 0.2) is 0 Å². The lowest BCUT2D eigenvalue weighted by molar-refractivity contribution is 0.568. The van der Waals surface area contributed by atoms with Crippen molar-refractivity contribution in [3.05, 3.63) is 301 Å². The summed E-state index contributed by atoms with van der Waals surface area (Å²) in [5, 5.41) is 0. The van der Waals surface area contributed by atoms with Gasteiger partial charge < -0.3 is 9.97 Å². The molecule has 6 heteroatoms. The smallest absolute Gasteiger partial charge is 0.0737 e. The second-order valence-electron chi connectivity index (χ2n) is 40.0. The van der Waals surface area contributed by atoms with Crippen LogP contribution in [0.3, 0.4) is 0 Å². The first-order valence-corrected chi connectivity index (χ1v) is 42.8. The van der Waals surface area contributed by atoms with Gasteiger partial charge in [0.2, 0.25) is 0 Å². The first-order valence-electron chi connectivity index (χ1n) is 40.6. The highest BCUT2D eigenvalue weighted by Crippen LogP contribution is 2.43. The van der Waals surface area contributed by atoms with E-state index in [9.17, 15) is 0 Å². The minimum atomic E-state index is -0.0398. The van der Waals surface area contributed by atoms with Crippen LogP contribution in [0.25, 0.3) is 139 Å². The summed E-state index contributed by atoms with van der Waals surface area (Å²) < 4.78 is 2.31. The van der Waals surface area contributed by atoms with E-state index in [0.29, 0.717) is 0 Å². The minimum Gasteiger partial charge on any atom is -0.354 e. The van der Waals surface area contributed by atoms with E-state index in [-0.39, 0.29) is 43.3 Å². The quantitative estimate of drug-likeness (QED) is 0.0946. The Hall–Kier alpha value is -9.22. The van der Waals surface area contributed by atoms with Crippen molar-refractivity contribution in [1.82, 2.24) is 19.9 Å². The molecule has 5 heterocycles. The number of fused-ring (bicyclic) bond motifs is 8. The molecular formula is C108H116I2N4. The number of rotatable bonds is 12. The van der Waals surface area contributed by atoms with Crippen LogP contribution in [0, 0.1) is 7.14 Å². The van der Waals surface area contributed by atoms with E-state index in [2.05, 4.69) is 476 Å². The van der Waals surface area contributed by atoms with E-state index in [1.165, 1.54) is 66.8 Å². The predicted octanol–water partition coefficient (Wildman–Crippen LogP) is 31.6. The van der Waals surface area contributed by atoms with Gasteiger partial charge in [-0.15, -0.1) is 0 Å². The van der Waals surface area contributed by atoms with Crippen molar-refractivity contribution in [2.45, 2.75) is 209 Å². The lowest BCUT2D eigenvalue weighted by atomic mass is 9.79. The molecule has 0 radical (unpaired) electrons. The zero-order chi connectivity index (χ0) is 82.2. The van der Waals surface area contributed by atoms with Crippen molar-refractivity contribution in [2.75, 3.05) is 0 Å². The fourth-order valence-electron chi connectivity index (χ4n) is 14.9. The molecule has 2 aliphatic heterocycles. The number of nitrogens with one attached hydrogen (secondary N) is 2. The molecule has 8 bridgehead atoms. The lowest BCUT2D eigenvalue weighted by Crippen LogP contribution is -2.16. The Morgan fingerprint density at radius 2 is 0.386 bits per heavy atom. The third-order valence-corrected chi connectivity index (χ3v) is 23.6. The zero-order valence-corrected chi connectivity index (χ0v) is 76.2. The van der Waals surface area contributed by atoms with Gasteiger partial charge in [0.1, 0.15) is 0 Å². The molecular weight excluding hydrogens is 1610 g/mol. The fourth-order valence-corrected chi connectivity index (χ4v) is 15.6. The van der Waals surface area contributed by atoms with Gasteiger partial charge in [0.25, 0.3) is 0 Å². The van der Waals surface area contributed by atoms with E-state index < -0.39 is 0 Å². The first kappa shape index (κ1) is 82.8. The van der Waals surface area contributed by atoms with Crippen molar-refractivity contribution in [1.29, 1.82) is 0 Å².